The van der Waals surface area contributed by atoms with Crippen molar-refractivity contribution in [2.24, 2.45) is 0 Å². The van der Waals surface area contributed by atoms with Crippen molar-refractivity contribution >= 4 is 11.3 Å². The predicted octanol–water partition coefficient (Wildman–Crippen LogP) is 6.46. The van der Waals surface area contributed by atoms with E-state index in [0.717, 1.165) is 15.6 Å². The molecule has 128 valence electrons. The van der Waals surface area contributed by atoms with Crippen LogP contribution in [0, 0.1) is 20.8 Å². The lowest BCUT2D eigenvalue weighted by Crippen LogP contribution is -1.90. The van der Waals surface area contributed by atoms with Gasteiger partial charge in [0.1, 0.15) is 10.0 Å². The molecule has 26 heavy (non-hydrogen) atoms. The fourth-order valence-corrected chi connectivity index (χ4v) is 4.45. The third-order valence-electron chi connectivity index (χ3n) is 4.65. The first-order valence-corrected chi connectivity index (χ1v) is 9.51. The highest BCUT2D eigenvalue weighted by Gasteiger charge is 2.15. The monoisotopic (exact) mass is 356 g/mol. The van der Waals surface area contributed by atoms with Crippen LogP contribution in [0.2, 0.25) is 0 Å². The van der Waals surface area contributed by atoms with Gasteiger partial charge < -0.3 is 0 Å². The molecule has 0 amide bonds. The van der Waals surface area contributed by atoms with Gasteiger partial charge in [-0.15, -0.1) is 10.2 Å². The van der Waals surface area contributed by atoms with Crippen molar-refractivity contribution < 1.29 is 0 Å². The van der Waals surface area contributed by atoms with E-state index in [4.69, 9.17) is 0 Å². The molecular formula is C23H20N2S. The van der Waals surface area contributed by atoms with E-state index in [1.807, 2.05) is 6.07 Å². The molecule has 0 unspecified atom stereocenters. The Morgan fingerprint density at radius 1 is 0.615 bits per heavy atom. The molecule has 0 bridgehead atoms. The normalized spacial score (nSPS) is 10.9. The topological polar surface area (TPSA) is 25.8 Å². The van der Waals surface area contributed by atoms with E-state index in [1.165, 1.54) is 33.4 Å². The summed E-state index contributed by atoms with van der Waals surface area (Å²) in [5.74, 6) is 0. The lowest BCUT2D eigenvalue weighted by Gasteiger charge is -2.10. The molecule has 2 nitrogen and oxygen atoms in total. The molecule has 0 aliphatic heterocycles. The van der Waals surface area contributed by atoms with Crippen LogP contribution in [0.5, 0.6) is 0 Å². The Bertz CT molecular complexity index is 1040. The van der Waals surface area contributed by atoms with Crippen molar-refractivity contribution in [3.8, 4) is 32.3 Å². The first kappa shape index (κ1) is 16.7. The average Bonchev–Trinajstić information content (AvgIpc) is 3.11. The van der Waals surface area contributed by atoms with Crippen molar-refractivity contribution in [3.63, 3.8) is 0 Å². The molecule has 0 saturated carbocycles. The fourth-order valence-electron chi connectivity index (χ4n) is 3.34. The lowest BCUT2D eigenvalue weighted by molar-refractivity contribution is 1.09. The Hall–Kier alpha value is -2.78. The molecule has 0 aliphatic rings. The molecule has 1 aromatic heterocycles. The van der Waals surface area contributed by atoms with Crippen LogP contribution < -0.4 is 0 Å². The number of nitrogens with zero attached hydrogens (tertiary/aromatic N) is 2. The summed E-state index contributed by atoms with van der Waals surface area (Å²) < 4.78 is 0. The highest BCUT2D eigenvalue weighted by Crippen LogP contribution is 2.36. The van der Waals surface area contributed by atoms with E-state index in [2.05, 4.69) is 91.6 Å². The molecule has 3 aromatic carbocycles. The van der Waals surface area contributed by atoms with E-state index < -0.39 is 0 Å². The first-order chi connectivity index (χ1) is 12.6. The SMILES string of the molecule is Cc1ccccc1-c1nnc(-c2c(C)cc(-c3ccccc3)cc2C)s1. The summed E-state index contributed by atoms with van der Waals surface area (Å²) in [5.41, 5.74) is 8.53. The maximum absolute atomic E-state index is 4.50. The van der Waals surface area contributed by atoms with Gasteiger partial charge in [0, 0.05) is 11.1 Å². The van der Waals surface area contributed by atoms with Crippen LogP contribution in [0.4, 0.5) is 0 Å². The summed E-state index contributed by atoms with van der Waals surface area (Å²) in [7, 11) is 0. The van der Waals surface area contributed by atoms with Gasteiger partial charge in [-0.1, -0.05) is 78.1 Å². The Labute approximate surface area is 158 Å². The summed E-state index contributed by atoms with van der Waals surface area (Å²) >= 11 is 1.66. The van der Waals surface area contributed by atoms with Crippen LogP contribution in [0.25, 0.3) is 32.3 Å². The van der Waals surface area contributed by atoms with Gasteiger partial charge in [0.15, 0.2) is 0 Å². The Morgan fingerprint density at radius 3 is 1.92 bits per heavy atom. The van der Waals surface area contributed by atoms with Gasteiger partial charge in [0.2, 0.25) is 0 Å². The minimum Gasteiger partial charge on any atom is -0.138 e. The number of hydrogen-bond acceptors (Lipinski definition) is 3. The van der Waals surface area contributed by atoms with Crippen LogP contribution in [0.1, 0.15) is 16.7 Å². The van der Waals surface area contributed by atoms with Crippen molar-refractivity contribution in [3.05, 3.63) is 83.4 Å². The second kappa shape index (κ2) is 6.85. The number of rotatable bonds is 3. The zero-order valence-electron chi connectivity index (χ0n) is 15.2. The van der Waals surface area contributed by atoms with Gasteiger partial charge in [0.25, 0.3) is 0 Å². The van der Waals surface area contributed by atoms with Crippen molar-refractivity contribution in [2.45, 2.75) is 20.8 Å². The smallest absolute Gasteiger partial charge is 0.138 e. The number of hydrogen-bond donors (Lipinski definition) is 0. The van der Waals surface area contributed by atoms with Crippen molar-refractivity contribution in [1.29, 1.82) is 0 Å². The molecule has 0 fully saturated rings. The first-order valence-electron chi connectivity index (χ1n) is 8.70. The third kappa shape index (κ3) is 3.06. The minimum absolute atomic E-state index is 0.976. The van der Waals surface area contributed by atoms with Gasteiger partial charge >= 0.3 is 0 Å². The lowest BCUT2D eigenvalue weighted by atomic mass is 9.96. The summed E-state index contributed by atoms with van der Waals surface area (Å²) in [5, 5.41) is 10.9. The van der Waals surface area contributed by atoms with Gasteiger partial charge in [-0.2, -0.15) is 0 Å². The number of aryl methyl sites for hydroxylation is 3. The van der Waals surface area contributed by atoms with Gasteiger partial charge in [-0.25, -0.2) is 0 Å². The molecule has 0 radical (unpaired) electrons. The highest BCUT2D eigenvalue weighted by molar-refractivity contribution is 7.18. The Morgan fingerprint density at radius 2 is 1.23 bits per heavy atom. The van der Waals surface area contributed by atoms with Crippen molar-refractivity contribution in [2.75, 3.05) is 0 Å². The van der Waals surface area contributed by atoms with Gasteiger partial charge in [-0.05, 0) is 48.6 Å². The average molecular weight is 356 g/mol. The van der Waals surface area contributed by atoms with E-state index in [-0.39, 0.29) is 0 Å². The molecule has 1 heterocycles. The summed E-state index contributed by atoms with van der Waals surface area (Å²) in [6, 6.07) is 23.3. The Kier molecular flexibility index (Phi) is 4.39. The fraction of sp³-hybridized carbons (Fsp3) is 0.130. The zero-order valence-corrected chi connectivity index (χ0v) is 16.0. The van der Waals surface area contributed by atoms with Gasteiger partial charge in [-0.3, -0.25) is 0 Å². The Balaban J connectivity index is 1.77. The summed E-state index contributed by atoms with van der Waals surface area (Å²) in [6.45, 7) is 6.43. The second-order valence-electron chi connectivity index (χ2n) is 6.58. The van der Waals surface area contributed by atoms with Crippen LogP contribution in [0.15, 0.2) is 66.7 Å². The molecule has 0 atom stereocenters. The summed E-state index contributed by atoms with van der Waals surface area (Å²) in [4.78, 5) is 0. The van der Waals surface area contributed by atoms with E-state index in [9.17, 15) is 0 Å². The molecule has 3 heteroatoms. The van der Waals surface area contributed by atoms with E-state index in [1.54, 1.807) is 11.3 Å². The molecule has 0 aliphatic carbocycles. The molecular weight excluding hydrogens is 336 g/mol. The molecule has 0 N–H and O–H groups in total. The molecule has 4 aromatic rings. The van der Waals surface area contributed by atoms with Crippen LogP contribution >= 0.6 is 11.3 Å². The standard InChI is InChI=1S/C23H20N2S/c1-15-9-7-8-12-20(15)22-24-25-23(26-22)21-16(2)13-19(14-17(21)3)18-10-5-4-6-11-18/h4-14H,1-3H3. The van der Waals surface area contributed by atoms with E-state index in [0.29, 0.717) is 0 Å². The largest absolute Gasteiger partial charge is 0.148 e. The number of aromatic nitrogens is 2. The zero-order chi connectivity index (χ0) is 18.1. The van der Waals surface area contributed by atoms with E-state index >= 15 is 0 Å². The quantitative estimate of drug-likeness (QED) is 0.421. The number of benzene rings is 3. The predicted molar refractivity (Wildman–Crippen MR) is 110 cm³/mol. The van der Waals surface area contributed by atoms with Crippen LogP contribution in [-0.4, -0.2) is 10.2 Å². The minimum atomic E-state index is 0.976. The van der Waals surface area contributed by atoms with Crippen molar-refractivity contribution in [1.82, 2.24) is 10.2 Å². The maximum Gasteiger partial charge on any atom is 0.148 e. The summed E-state index contributed by atoms with van der Waals surface area (Å²) in [6.07, 6.45) is 0. The van der Waals surface area contributed by atoms with Crippen LogP contribution in [0.3, 0.4) is 0 Å². The second-order valence-corrected chi connectivity index (χ2v) is 7.56. The molecule has 0 saturated heterocycles. The molecule has 4 rings (SSSR count). The third-order valence-corrected chi connectivity index (χ3v) is 5.63. The van der Waals surface area contributed by atoms with Gasteiger partial charge in [0.05, 0.1) is 0 Å². The molecule has 0 spiro atoms. The van der Waals surface area contributed by atoms with Crippen LogP contribution in [-0.2, 0) is 0 Å². The highest BCUT2D eigenvalue weighted by atomic mass is 32.1. The maximum atomic E-state index is 4.50.